The molecule has 15 heavy (non-hydrogen) atoms. The van der Waals surface area contributed by atoms with Gasteiger partial charge in [-0.1, -0.05) is 5.16 Å². The van der Waals surface area contributed by atoms with E-state index in [1.54, 1.807) is 0 Å². The van der Waals surface area contributed by atoms with Crippen molar-refractivity contribution in [1.29, 1.82) is 0 Å². The molecule has 2 aromatic rings. The smallest absolute Gasteiger partial charge is 0.142 e. The van der Waals surface area contributed by atoms with Gasteiger partial charge in [0.05, 0.1) is 6.54 Å². The quantitative estimate of drug-likeness (QED) is 0.796. The zero-order chi connectivity index (χ0) is 10.1. The molecule has 1 aliphatic heterocycles. The van der Waals surface area contributed by atoms with Crippen LogP contribution in [0.2, 0.25) is 0 Å². The topological polar surface area (TPSA) is 43.0 Å². The fraction of sp³-hybridized carbons (Fsp3) is 0.364. The van der Waals surface area contributed by atoms with Gasteiger partial charge in [-0.2, -0.15) is 0 Å². The third kappa shape index (κ3) is 1.57. The third-order valence-electron chi connectivity index (χ3n) is 2.78. The highest BCUT2D eigenvalue weighted by molar-refractivity contribution is 5.25. The lowest BCUT2D eigenvalue weighted by atomic mass is 10.1. The minimum absolute atomic E-state index is 0.799. The van der Waals surface area contributed by atoms with Crippen LogP contribution in [0.15, 0.2) is 29.0 Å². The van der Waals surface area contributed by atoms with Crippen LogP contribution in [-0.4, -0.2) is 16.3 Å². The van der Waals surface area contributed by atoms with E-state index in [0.717, 1.165) is 37.5 Å². The van der Waals surface area contributed by atoms with Crippen LogP contribution in [0, 0.1) is 0 Å². The maximum atomic E-state index is 5.33. The molecule has 0 aliphatic carbocycles. The van der Waals surface area contributed by atoms with Gasteiger partial charge in [0.2, 0.25) is 0 Å². The molecule has 0 bridgehead atoms. The van der Waals surface area contributed by atoms with Gasteiger partial charge in [-0.3, -0.25) is 0 Å². The largest absolute Gasteiger partial charge is 0.361 e. The lowest BCUT2D eigenvalue weighted by Crippen LogP contribution is -2.23. The summed E-state index contributed by atoms with van der Waals surface area (Å²) in [6.07, 6.45) is 5.03. The summed E-state index contributed by atoms with van der Waals surface area (Å²) < 4.78 is 7.44. The standard InChI is InChI=1S/C11H13N3O/c1-2-6-14(5-1)8-10-9-7-12-4-3-11(9)15-13-10/h1-2,5-6,12H,3-4,7-8H2. The van der Waals surface area contributed by atoms with Crippen LogP contribution in [0.4, 0.5) is 0 Å². The number of nitrogens with zero attached hydrogens (tertiary/aromatic N) is 2. The Balaban J connectivity index is 1.89. The number of hydrogen-bond donors (Lipinski definition) is 1. The predicted molar refractivity (Wildman–Crippen MR) is 55.4 cm³/mol. The van der Waals surface area contributed by atoms with Crippen molar-refractivity contribution in [3.63, 3.8) is 0 Å². The highest BCUT2D eigenvalue weighted by Gasteiger charge is 2.18. The van der Waals surface area contributed by atoms with Crippen molar-refractivity contribution in [3.05, 3.63) is 41.5 Å². The SMILES string of the molecule is c1ccn(Cc2noc3c2CNCC3)c1. The van der Waals surface area contributed by atoms with E-state index in [-0.39, 0.29) is 0 Å². The first kappa shape index (κ1) is 8.73. The molecule has 4 nitrogen and oxygen atoms in total. The number of fused-ring (bicyclic) bond motifs is 1. The van der Waals surface area contributed by atoms with Crippen molar-refractivity contribution >= 4 is 0 Å². The maximum absolute atomic E-state index is 5.33. The summed E-state index contributed by atoms with van der Waals surface area (Å²) in [5.41, 5.74) is 2.29. The van der Waals surface area contributed by atoms with Crippen molar-refractivity contribution in [2.24, 2.45) is 0 Å². The van der Waals surface area contributed by atoms with Crippen LogP contribution in [-0.2, 0) is 19.5 Å². The Morgan fingerprint density at radius 3 is 3.13 bits per heavy atom. The van der Waals surface area contributed by atoms with Gasteiger partial charge in [0.1, 0.15) is 11.5 Å². The number of nitrogens with one attached hydrogen (secondary N) is 1. The molecule has 0 fully saturated rings. The molecule has 3 heterocycles. The minimum Gasteiger partial charge on any atom is -0.361 e. The zero-order valence-corrected chi connectivity index (χ0v) is 8.44. The van der Waals surface area contributed by atoms with Crippen LogP contribution >= 0.6 is 0 Å². The van der Waals surface area contributed by atoms with Gasteiger partial charge < -0.3 is 14.4 Å². The molecule has 1 N–H and O–H groups in total. The molecule has 2 aromatic heterocycles. The van der Waals surface area contributed by atoms with E-state index in [1.807, 2.05) is 24.5 Å². The molecule has 0 saturated carbocycles. The molecular formula is C11H13N3O. The second-order valence-electron chi connectivity index (χ2n) is 3.81. The van der Waals surface area contributed by atoms with Gasteiger partial charge in [0.15, 0.2) is 0 Å². The van der Waals surface area contributed by atoms with Crippen molar-refractivity contribution < 1.29 is 4.52 Å². The third-order valence-corrected chi connectivity index (χ3v) is 2.78. The summed E-state index contributed by atoms with van der Waals surface area (Å²) >= 11 is 0. The fourth-order valence-electron chi connectivity index (χ4n) is 1.97. The summed E-state index contributed by atoms with van der Waals surface area (Å²) in [4.78, 5) is 0. The average molecular weight is 203 g/mol. The molecule has 0 aromatic carbocycles. The van der Waals surface area contributed by atoms with Gasteiger partial charge in [-0.25, -0.2) is 0 Å². The predicted octanol–water partition coefficient (Wildman–Crippen LogP) is 1.17. The van der Waals surface area contributed by atoms with Gasteiger partial charge in [0, 0.05) is 37.5 Å². The van der Waals surface area contributed by atoms with Gasteiger partial charge >= 0.3 is 0 Å². The van der Waals surface area contributed by atoms with Crippen molar-refractivity contribution in [2.75, 3.05) is 6.54 Å². The van der Waals surface area contributed by atoms with Gasteiger partial charge in [0.25, 0.3) is 0 Å². The Bertz CT molecular complexity index is 444. The number of hydrogen-bond acceptors (Lipinski definition) is 3. The summed E-state index contributed by atoms with van der Waals surface area (Å²) in [5, 5.41) is 7.47. The number of aromatic nitrogens is 2. The molecule has 0 spiro atoms. The van der Waals surface area contributed by atoms with Gasteiger partial charge in [-0.05, 0) is 12.1 Å². The highest BCUT2D eigenvalue weighted by atomic mass is 16.5. The van der Waals surface area contributed by atoms with E-state index in [4.69, 9.17) is 4.52 Å². The Hall–Kier alpha value is -1.55. The molecule has 0 saturated heterocycles. The van der Waals surface area contributed by atoms with Crippen molar-refractivity contribution in [3.8, 4) is 0 Å². The van der Waals surface area contributed by atoms with Crippen LogP contribution in [0.25, 0.3) is 0 Å². The minimum atomic E-state index is 0.799. The Kier molecular flexibility index (Phi) is 2.07. The van der Waals surface area contributed by atoms with Crippen LogP contribution in [0.1, 0.15) is 17.0 Å². The van der Waals surface area contributed by atoms with E-state index >= 15 is 0 Å². The molecule has 0 radical (unpaired) electrons. The Morgan fingerprint density at radius 2 is 2.27 bits per heavy atom. The van der Waals surface area contributed by atoms with Crippen molar-refractivity contribution in [1.82, 2.24) is 15.0 Å². The molecule has 1 aliphatic rings. The lowest BCUT2D eigenvalue weighted by molar-refractivity contribution is 0.367. The molecule has 78 valence electrons. The molecule has 0 amide bonds. The first-order valence-electron chi connectivity index (χ1n) is 5.21. The molecule has 3 rings (SSSR count). The normalized spacial score (nSPS) is 15.2. The molecule has 4 heteroatoms. The van der Waals surface area contributed by atoms with Crippen LogP contribution < -0.4 is 5.32 Å². The highest BCUT2D eigenvalue weighted by Crippen LogP contribution is 2.18. The Labute approximate surface area is 87.9 Å². The average Bonchev–Trinajstić information content (AvgIpc) is 2.89. The van der Waals surface area contributed by atoms with Crippen molar-refractivity contribution in [2.45, 2.75) is 19.5 Å². The summed E-state index contributed by atoms with van der Waals surface area (Å²) in [7, 11) is 0. The molecular weight excluding hydrogens is 190 g/mol. The van der Waals surface area contributed by atoms with E-state index in [0.29, 0.717) is 0 Å². The first-order valence-corrected chi connectivity index (χ1v) is 5.21. The maximum Gasteiger partial charge on any atom is 0.142 e. The Morgan fingerprint density at radius 1 is 1.40 bits per heavy atom. The second-order valence-corrected chi connectivity index (χ2v) is 3.81. The summed E-state index contributed by atoms with van der Waals surface area (Å²) in [6, 6.07) is 4.04. The van der Waals surface area contributed by atoms with Crippen LogP contribution in [0.3, 0.4) is 0 Å². The fourth-order valence-corrected chi connectivity index (χ4v) is 1.97. The van der Waals surface area contributed by atoms with E-state index in [9.17, 15) is 0 Å². The van der Waals surface area contributed by atoms with E-state index in [1.165, 1.54) is 5.56 Å². The summed E-state index contributed by atoms with van der Waals surface area (Å²) in [5.74, 6) is 1.05. The monoisotopic (exact) mass is 203 g/mol. The van der Waals surface area contributed by atoms with Crippen LogP contribution in [0.5, 0.6) is 0 Å². The van der Waals surface area contributed by atoms with E-state index in [2.05, 4.69) is 15.0 Å². The summed E-state index contributed by atoms with van der Waals surface area (Å²) in [6.45, 7) is 2.67. The molecule has 0 atom stereocenters. The first-order chi connectivity index (χ1) is 7.43. The lowest BCUT2D eigenvalue weighted by Gasteiger charge is -2.11. The van der Waals surface area contributed by atoms with Gasteiger partial charge in [-0.15, -0.1) is 0 Å². The zero-order valence-electron chi connectivity index (χ0n) is 8.44. The molecule has 0 unspecified atom stereocenters. The van der Waals surface area contributed by atoms with E-state index < -0.39 is 0 Å². The number of rotatable bonds is 2. The second kappa shape index (κ2) is 3.55.